The molecule has 1 atom stereocenters. The quantitative estimate of drug-likeness (QED) is 0.619. The molecule has 3 aromatic rings. The first-order valence-electron chi connectivity index (χ1n) is 8.47. The van der Waals surface area contributed by atoms with Crippen molar-refractivity contribution in [3.63, 3.8) is 0 Å². The summed E-state index contributed by atoms with van der Waals surface area (Å²) in [6.45, 7) is -0.473. The summed E-state index contributed by atoms with van der Waals surface area (Å²) in [6.07, 6.45) is -3.68. The molecule has 0 amide bonds. The topological polar surface area (TPSA) is 91.7 Å². The van der Waals surface area contributed by atoms with Crippen LogP contribution in [0.25, 0.3) is 11.4 Å². The van der Waals surface area contributed by atoms with E-state index in [-0.39, 0.29) is 30.4 Å². The van der Waals surface area contributed by atoms with Crippen molar-refractivity contribution < 1.29 is 22.1 Å². The fourth-order valence-electron chi connectivity index (χ4n) is 3.25. The molecular weight excluding hydrogens is 392 g/mol. The molecule has 3 heterocycles. The highest BCUT2D eigenvalue weighted by Gasteiger charge is 2.63. The van der Waals surface area contributed by atoms with Crippen LogP contribution in [0.5, 0.6) is 0 Å². The van der Waals surface area contributed by atoms with Crippen molar-refractivity contribution in [1.82, 2.24) is 20.1 Å². The molecule has 1 aliphatic heterocycles. The van der Waals surface area contributed by atoms with E-state index in [4.69, 9.17) is 9.78 Å². The number of anilines is 1. The zero-order valence-corrected chi connectivity index (χ0v) is 14.7. The standard InChI is InChI=1S/C18H12F4N6O/c19-12-3-1-11(2-4-12)15-26-16(29-27-15)17(18(20,21)22)6-8-28(10-17)14-5-7-24-13(9-23)25-14/h1-5,7H,6,8,10H2. The Kier molecular flexibility index (Phi) is 4.41. The largest absolute Gasteiger partial charge is 0.405 e. The van der Waals surface area contributed by atoms with Gasteiger partial charge in [-0.3, -0.25) is 0 Å². The molecule has 4 rings (SSSR count). The van der Waals surface area contributed by atoms with E-state index in [0.717, 1.165) is 12.1 Å². The van der Waals surface area contributed by atoms with Gasteiger partial charge in [-0.15, -0.1) is 0 Å². The maximum atomic E-state index is 14.1. The fraction of sp³-hybridized carbons (Fsp3) is 0.278. The Morgan fingerprint density at radius 3 is 2.59 bits per heavy atom. The summed E-state index contributed by atoms with van der Waals surface area (Å²) in [4.78, 5) is 13.0. The van der Waals surface area contributed by atoms with Crippen molar-refractivity contribution >= 4 is 5.82 Å². The van der Waals surface area contributed by atoms with E-state index in [1.165, 1.54) is 29.3 Å². The second-order valence-electron chi connectivity index (χ2n) is 6.53. The monoisotopic (exact) mass is 404 g/mol. The molecule has 0 aliphatic carbocycles. The minimum absolute atomic E-state index is 0.0235. The summed E-state index contributed by atoms with van der Waals surface area (Å²) >= 11 is 0. The molecule has 1 aromatic carbocycles. The van der Waals surface area contributed by atoms with Crippen LogP contribution >= 0.6 is 0 Å². The molecule has 7 nitrogen and oxygen atoms in total. The molecule has 1 fully saturated rings. The Morgan fingerprint density at radius 1 is 1.14 bits per heavy atom. The number of hydrogen-bond acceptors (Lipinski definition) is 7. The Hall–Kier alpha value is -3.55. The van der Waals surface area contributed by atoms with Crippen LogP contribution in [0.4, 0.5) is 23.4 Å². The third-order valence-corrected chi connectivity index (χ3v) is 4.81. The molecule has 0 radical (unpaired) electrons. The number of nitrogens with zero attached hydrogens (tertiary/aromatic N) is 6. The third kappa shape index (κ3) is 3.26. The van der Waals surface area contributed by atoms with Crippen molar-refractivity contribution in [3.05, 3.63) is 54.1 Å². The van der Waals surface area contributed by atoms with Gasteiger partial charge in [0.2, 0.25) is 17.5 Å². The van der Waals surface area contributed by atoms with E-state index < -0.39 is 29.8 Å². The van der Waals surface area contributed by atoms with Gasteiger partial charge < -0.3 is 9.42 Å². The summed E-state index contributed by atoms with van der Waals surface area (Å²) in [5, 5.41) is 12.6. The normalized spacial score (nSPS) is 19.3. The number of nitriles is 1. The molecule has 0 saturated carbocycles. The average Bonchev–Trinajstić information content (AvgIpc) is 3.36. The molecule has 148 valence electrons. The lowest BCUT2D eigenvalue weighted by Crippen LogP contribution is -2.45. The molecule has 1 saturated heterocycles. The summed E-state index contributed by atoms with van der Waals surface area (Å²) in [6, 6.07) is 8.22. The average molecular weight is 404 g/mol. The summed E-state index contributed by atoms with van der Waals surface area (Å²) < 4.78 is 60.4. The van der Waals surface area contributed by atoms with Crippen LogP contribution < -0.4 is 4.90 Å². The molecule has 2 aromatic heterocycles. The van der Waals surface area contributed by atoms with Crippen LogP contribution in [-0.4, -0.2) is 39.4 Å². The third-order valence-electron chi connectivity index (χ3n) is 4.81. The van der Waals surface area contributed by atoms with E-state index in [1.54, 1.807) is 6.07 Å². The van der Waals surface area contributed by atoms with Crippen LogP contribution in [0.1, 0.15) is 18.1 Å². The van der Waals surface area contributed by atoms with Gasteiger partial charge in [0.15, 0.2) is 5.41 Å². The number of hydrogen-bond donors (Lipinski definition) is 0. The SMILES string of the molecule is N#Cc1nccc(N2CCC(c3nc(-c4ccc(F)cc4)no3)(C(F)(F)F)C2)n1. The number of benzene rings is 1. The molecule has 1 unspecified atom stereocenters. The van der Waals surface area contributed by atoms with E-state index in [9.17, 15) is 17.6 Å². The van der Waals surface area contributed by atoms with E-state index in [1.807, 2.05) is 0 Å². The molecular formula is C18H12F4N6O. The second-order valence-corrected chi connectivity index (χ2v) is 6.53. The van der Waals surface area contributed by atoms with Crippen LogP contribution in [0, 0.1) is 17.1 Å². The summed E-state index contributed by atoms with van der Waals surface area (Å²) in [5.41, 5.74) is -2.06. The van der Waals surface area contributed by atoms with Crippen LogP contribution in [0.2, 0.25) is 0 Å². The van der Waals surface area contributed by atoms with Crippen molar-refractivity contribution in [3.8, 4) is 17.5 Å². The second kappa shape index (κ2) is 6.80. The molecule has 1 aliphatic rings. The van der Waals surface area contributed by atoms with Crippen molar-refractivity contribution in [2.45, 2.75) is 18.0 Å². The van der Waals surface area contributed by atoms with Gasteiger partial charge in [0.25, 0.3) is 0 Å². The number of halogens is 4. The predicted octanol–water partition coefficient (Wildman–Crippen LogP) is 3.25. The number of rotatable bonds is 3. The van der Waals surface area contributed by atoms with Crippen LogP contribution in [0.15, 0.2) is 41.1 Å². The van der Waals surface area contributed by atoms with Crippen molar-refractivity contribution in [1.29, 1.82) is 5.26 Å². The van der Waals surface area contributed by atoms with E-state index in [2.05, 4.69) is 20.1 Å². The zero-order chi connectivity index (χ0) is 20.6. The first-order valence-corrected chi connectivity index (χ1v) is 8.47. The van der Waals surface area contributed by atoms with Crippen LogP contribution in [-0.2, 0) is 5.41 Å². The van der Waals surface area contributed by atoms with E-state index in [0.29, 0.717) is 5.56 Å². The number of alkyl halides is 3. The van der Waals surface area contributed by atoms with Gasteiger partial charge in [0, 0.05) is 24.8 Å². The number of aromatic nitrogens is 4. The highest BCUT2D eigenvalue weighted by atomic mass is 19.4. The Bertz CT molecular complexity index is 1070. The molecule has 0 N–H and O–H groups in total. The maximum absolute atomic E-state index is 14.1. The molecule has 29 heavy (non-hydrogen) atoms. The molecule has 11 heteroatoms. The van der Waals surface area contributed by atoms with Crippen LogP contribution in [0.3, 0.4) is 0 Å². The lowest BCUT2D eigenvalue weighted by Gasteiger charge is -2.28. The fourth-order valence-corrected chi connectivity index (χ4v) is 3.25. The van der Waals surface area contributed by atoms with Crippen molar-refractivity contribution in [2.75, 3.05) is 18.0 Å². The smallest absolute Gasteiger partial charge is 0.355 e. The molecule has 0 spiro atoms. The lowest BCUT2D eigenvalue weighted by molar-refractivity contribution is -0.191. The lowest BCUT2D eigenvalue weighted by atomic mass is 9.86. The zero-order valence-electron chi connectivity index (χ0n) is 14.7. The van der Waals surface area contributed by atoms with Crippen molar-refractivity contribution in [2.24, 2.45) is 0 Å². The van der Waals surface area contributed by atoms with Gasteiger partial charge in [-0.2, -0.15) is 23.4 Å². The van der Waals surface area contributed by atoms with Gasteiger partial charge in [0.1, 0.15) is 17.7 Å². The highest BCUT2D eigenvalue weighted by Crippen LogP contribution is 2.48. The maximum Gasteiger partial charge on any atom is 0.405 e. The minimum Gasteiger partial charge on any atom is -0.355 e. The first kappa shape index (κ1) is 18.8. The highest BCUT2D eigenvalue weighted by molar-refractivity contribution is 5.54. The summed E-state index contributed by atoms with van der Waals surface area (Å²) in [7, 11) is 0. The predicted molar refractivity (Wildman–Crippen MR) is 91.0 cm³/mol. The van der Waals surface area contributed by atoms with Gasteiger partial charge in [-0.05, 0) is 36.8 Å². The Labute approximate surface area is 161 Å². The summed E-state index contributed by atoms with van der Waals surface area (Å²) in [5.74, 6) is -1.04. The van der Waals surface area contributed by atoms with Gasteiger partial charge in [0.05, 0.1) is 0 Å². The van der Waals surface area contributed by atoms with Gasteiger partial charge >= 0.3 is 6.18 Å². The first-order chi connectivity index (χ1) is 13.8. The minimum atomic E-state index is -4.67. The van der Waals surface area contributed by atoms with Gasteiger partial charge in [-0.1, -0.05) is 5.16 Å². The Balaban J connectivity index is 1.69. The van der Waals surface area contributed by atoms with E-state index >= 15 is 0 Å². The Morgan fingerprint density at radius 2 is 1.90 bits per heavy atom. The van der Waals surface area contributed by atoms with Gasteiger partial charge in [-0.25, -0.2) is 14.4 Å². The molecule has 0 bridgehead atoms.